The third-order valence-electron chi connectivity index (χ3n) is 2.85. The summed E-state index contributed by atoms with van der Waals surface area (Å²) in [5.41, 5.74) is 6.27. The normalized spacial score (nSPS) is 13.5. The number of halogens is 1. The topological polar surface area (TPSA) is 124 Å². The van der Waals surface area contributed by atoms with Crippen LogP contribution in [0.15, 0.2) is 6.33 Å². The van der Waals surface area contributed by atoms with Gasteiger partial charge < -0.3 is 24.3 Å². The zero-order valence-corrected chi connectivity index (χ0v) is 15.2. The van der Waals surface area contributed by atoms with Crippen LogP contribution in [0.4, 0.5) is 5.95 Å². The molecule has 1 atom stereocenters. The molecule has 0 aliphatic carbocycles. The molecule has 0 radical (unpaired) electrons. The number of aromatic nitrogens is 4. The van der Waals surface area contributed by atoms with E-state index in [-0.39, 0.29) is 30.7 Å². The molecule has 134 valence electrons. The van der Waals surface area contributed by atoms with Crippen LogP contribution < -0.4 is 5.73 Å². The molecule has 0 amide bonds. The average molecular weight is 380 g/mol. The first-order chi connectivity index (χ1) is 11.4. The SMILES string of the molecule is CCOP(=O)(COC(OC)n1cnc2c(Cl)nc(N)nc21)OCC. The second-order valence-corrected chi connectivity index (χ2v) is 6.84. The Labute approximate surface area is 143 Å². The molecule has 0 spiro atoms. The fourth-order valence-corrected chi connectivity index (χ4v) is 3.51. The van der Waals surface area contributed by atoms with Crippen LogP contribution in [0.25, 0.3) is 11.2 Å². The monoisotopic (exact) mass is 379 g/mol. The van der Waals surface area contributed by atoms with Crippen molar-refractivity contribution in [3.63, 3.8) is 0 Å². The van der Waals surface area contributed by atoms with Crippen LogP contribution in [-0.4, -0.2) is 46.2 Å². The number of rotatable bonds is 9. The van der Waals surface area contributed by atoms with Crippen LogP contribution in [-0.2, 0) is 23.1 Å². The lowest BCUT2D eigenvalue weighted by Crippen LogP contribution is -2.17. The van der Waals surface area contributed by atoms with E-state index in [4.69, 9.17) is 35.9 Å². The van der Waals surface area contributed by atoms with E-state index in [1.54, 1.807) is 13.8 Å². The van der Waals surface area contributed by atoms with E-state index in [0.717, 1.165) is 0 Å². The van der Waals surface area contributed by atoms with E-state index in [2.05, 4.69) is 15.0 Å². The molecular formula is C12H19ClN5O5P. The first kappa shape index (κ1) is 19.0. The number of anilines is 1. The number of hydrogen-bond acceptors (Lipinski definition) is 9. The highest BCUT2D eigenvalue weighted by molar-refractivity contribution is 7.53. The highest BCUT2D eigenvalue weighted by atomic mass is 35.5. The molecule has 24 heavy (non-hydrogen) atoms. The minimum atomic E-state index is -3.39. The number of methoxy groups -OCH3 is 1. The Hall–Kier alpha value is -1.29. The van der Waals surface area contributed by atoms with E-state index in [9.17, 15) is 4.57 Å². The molecular weight excluding hydrogens is 361 g/mol. The first-order valence-corrected chi connectivity index (χ1v) is 9.22. The number of nitrogen functional groups attached to an aromatic ring is 1. The van der Waals surface area contributed by atoms with Crippen LogP contribution >= 0.6 is 19.2 Å². The quantitative estimate of drug-likeness (QED) is 0.397. The summed E-state index contributed by atoms with van der Waals surface area (Å²) < 4.78 is 35.0. The Balaban J connectivity index is 2.24. The van der Waals surface area contributed by atoms with E-state index >= 15 is 0 Å². The first-order valence-electron chi connectivity index (χ1n) is 7.12. The summed E-state index contributed by atoms with van der Waals surface area (Å²) in [5.74, 6) is -0.0154. The van der Waals surface area contributed by atoms with Gasteiger partial charge in [0, 0.05) is 7.11 Å². The van der Waals surface area contributed by atoms with Crippen molar-refractivity contribution < 1.29 is 23.1 Å². The number of nitrogens with two attached hydrogens (primary N) is 1. The van der Waals surface area contributed by atoms with Crippen molar-refractivity contribution in [1.29, 1.82) is 0 Å². The molecule has 0 fully saturated rings. The Kier molecular flexibility index (Phi) is 6.50. The van der Waals surface area contributed by atoms with Crippen LogP contribution in [0.2, 0.25) is 5.15 Å². The standard InChI is InChI=1S/C12H19ClN5O5P/c1-4-22-24(19,23-5-2)7-21-12(20-3)18-6-15-8-9(13)16-11(14)17-10(8)18/h6,12H,4-5,7H2,1-3H3,(H2,14,16,17). The maximum absolute atomic E-state index is 12.5. The van der Waals surface area contributed by atoms with Gasteiger partial charge in [-0.3, -0.25) is 9.13 Å². The molecule has 2 heterocycles. The zero-order valence-electron chi connectivity index (χ0n) is 13.5. The number of fused-ring (bicyclic) bond motifs is 1. The Morgan fingerprint density at radius 1 is 1.33 bits per heavy atom. The van der Waals surface area contributed by atoms with Gasteiger partial charge in [-0.15, -0.1) is 0 Å². The van der Waals surface area contributed by atoms with Gasteiger partial charge in [-0.2, -0.15) is 9.97 Å². The molecule has 0 saturated carbocycles. The number of ether oxygens (including phenoxy) is 2. The van der Waals surface area contributed by atoms with Crippen molar-refractivity contribution in [2.75, 3.05) is 32.4 Å². The van der Waals surface area contributed by atoms with E-state index < -0.39 is 14.0 Å². The average Bonchev–Trinajstić information content (AvgIpc) is 2.92. The van der Waals surface area contributed by atoms with Crippen LogP contribution in [0.1, 0.15) is 20.3 Å². The predicted molar refractivity (Wildman–Crippen MR) is 87.6 cm³/mol. The summed E-state index contributed by atoms with van der Waals surface area (Å²) in [6.45, 7) is 3.88. The molecule has 2 aromatic heterocycles. The van der Waals surface area contributed by atoms with Gasteiger partial charge in [0.25, 0.3) is 0 Å². The van der Waals surface area contributed by atoms with Crippen molar-refractivity contribution >= 4 is 36.3 Å². The highest BCUT2D eigenvalue weighted by Crippen LogP contribution is 2.48. The minimum absolute atomic E-state index is 0.0154. The van der Waals surface area contributed by atoms with Gasteiger partial charge in [-0.25, -0.2) is 4.98 Å². The fraction of sp³-hybridized carbons (Fsp3) is 0.583. The van der Waals surface area contributed by atoms with E-state index in [0.29, 0.717) is 11.2 Å². The van der Waals surface area contributed by atoms with E-state index in [1.165, 1.54) is 18.0 Å². The Morgan fingerprint density at radius 2 is 2.00 bits per heavy atom. The molecule has 0 aliphatic heterocycles. The maximum atomic E-state index is 12.5. The second kappa shape index (κ2) is 8.19. The summed E-state index contributed by atoms with van der Waals surface area (Å²) in [6, 6.07) is 0. The molecule has 12 heteroatoms. The van der Waals surface area contributed by atoms with Gasteiger partial charge in [0.05, 0.1) is 13.2 Å². The lowest BCUT2D eigenvalue weighted by atomic mass is 10.5. The predicted octanol–water partition coefficient (Wildman–Crippen LogP) is 2.40. The lowest BCUT2D eigenvalue weighted by molar-refractivity contribution is -0.163. The van der Waals surface area contributed by atoms with Crippen molar-refractivity contribution in [1.82, 2.24) is 19.5 Å². The van der Waals surface area contributed by atoms with Crippen molar-refractivity contribution in [2.24, 2.45) is 0 Å². The summed E-state index contributed by atoms with van der Waals surface area (Å²) in [6.07, 6.45) is 0.126. The number of nitrogens with zero attached hydrogens (tertiary/aromatic N) is 4. The van der Waals surface area contributed by atoms with E-state index in [1.807, 2.05) is 0 Å². The zero-order chi connectivity index (χ0) is 17.7. The molecule has 2 N–H and O–H groups in total. The van der Waals surface area contributed by atoms with Crippen LogP contribution in [0.5, 0.6) is 0 Å². The summed E-state index contributed by atoms with van der Waals surface area (Å²) >= 11 is 5.98. The Morgan fingerprint density at radius 3 is 2.58 bits per heavy atom. The summed E-state index contributed by atoms with van der Waals surface area (Å²) in [4.78, 5) is 12.0. The Bertz CT molecular complexity index is 732. The molecule has 2 aromatic rings. The van der Waals surface area contributed by atoms with Crippen molar-refractivity contribution in [2.45, 2.75) is 20.3 Å². The van der Waals surface area contributed by atoms with Crippen LogP contribution in [0, 0.1) is 0 Å². The molecule has 1 unspecified atom stereocenters. The molecule has 0 aromatic carbocycles. The van der Waals surface area contributed by atoms with Crippen molar-refractivity contribution in [3.05, 3.63) is 11.5 Å². The third kappa shape index (κ3) is 4.21. The van der Waals surface area contributed by atoms with Gasteiger partial charge in [0.2, 0.25) is 12.4 Å². The van der Waals surface area contributed by atoms with Gasteiger partial charge >= 0.3 is 7.60 Å². The molecule has 2 rings (SSSR count). The molecule has 0 saturated heterocycles. The molecule has 0 aliphatic rings. The maximum Gasteiger partial charge on any atom is 0.356 e. The summed E-state index contributed by atoms with van der Waals surface area (Å²) in [7, 11) is -1.98. The smallest absolute Gasteiger partial charge is 0.356 e. The number of imidazole rings is 1. The van der Waals surface area contributed by atoms with Gasteiger partial charge in [0.1, 0.15) is 11.8 Å². The van der Waals surface area contributed by atoms with Gasteiger partial charge in [0.15, 0.2) is 17.1 Å². The fourth-order valence-electron chi connectivity index (χ4n) is 1.97. The third-order valence-corrected chi connectivity index (χ3v) is 4.88. The van der Waals surface area contributed by atoms with Gasteiger partial charge in [-0.1, -0.05) is 11.6 Å². The number of hydrogen-bond donors (Lipinski definition) is 1. The van der Waals surface area contributed by atoms with Crippen LogP contribution in [0.3, 0.4) is 0 Å². The summed E-state index contributed by atoms with van der Waals surface area (Å²) in [5, 5.41) is 0.111. The van der Waals surface area contributed by atoms with Gasteiger partial charge in [-0.05, 0) is 13.8 Å². The lowest BCUT2D eigenvalue weighted by Gasteiger charge is -2.21. The molecule has 10 nitrogen and oxygen atoms in total. The highest BCUT2D eigenvalue weighted by Gasteiger charge is 2.27. The molecule has 0 bridgehead atoms. The second-order valence-electron chi connectivity index (χ2n) is 4.48. The minimum Gasteiger partial charge on any atom is -0.368 e. The largest absolute Gasteiger partial charge is 0.368 e. The van der Waals surface area contributed by atoms with Crippen molar-refractivity contribution in [3.8, 4) is 0 Å².